The molecule has 184 valence electrons. The maximum Gasteiger partial charge on any atom is 0.335 e. The first-order valence-corrected chi connectivity index (χ1v) is 11.2. The molecule has 0 aliphatic carbocycles. The Kier molecular flexibility index (Phi) is 7.29. The van der Waals surface area contributed by atoms with E-state index in [0.717, 1.165) is 10.5 Å². The van der Waals surface area contributed by atoms with Crippen LogP contribution in [0.1, 0.15) is 34.0 Å². The molecular weight excluding hydrogens is 467 g/mol. The summed E-state index contributed by atoms with van der Waals surface area (Å²) >= 11 is 0. The maximum absolute atomic E-state index is 14.0. The van der Waals surface area contributed by atoms with E-state index in [4.69, 9.17) is 14.6 Å². The van der Waals surface area contributed by atoms with E-state index in [2.05, 4.69) is 5.32 Å². The van der Waals surface area contributed by atoms with Crippen LogP contribution in [0.15, 0.2) is 72.4 Å². The summed E-state index contributed by atoms with van der Waals surface area (Å²) in [5.41, 5.74) is 1.86. The zero-order valence-corrected chi connectivity index (χ0v) is 19.4. The van der Waals surface area contributed by atoms with Crippen molar-refractivity contribution in [3.05, 3.63) is 100 Å². The molecule has 1 fully saturated rings. The van der Waals surface area contributed by atoms with E-state index in [1.54, 1.807) is 36.4 Å². The molecule has 1 saturated heterocycles. The van der Waals surface area contributed by atoms with Crippen LogP contribution in [0, 0.1) is 5.82 Å². The van der Waals surface area contributed by atoms with Crippen molar-refractivity contribution in [2.75, 3.05) is 6.61 Å². The van der Waals surface area contributed by atoms with Gasteiger partial charge in [-0.15, -0.1) is 0 Å². The van der Waals surface area contributed by atoms with E-state index in [1.807, 2.05) is 6.92 Å². The van der Waals surface area contributed by atoms with Crippen LogP contribution in [0.4, 0.5) is 9.18 Å². The Morgan fingerprint density at radius 3 is 2.47 bits per heavy atom. The minimum absolute atomic E-state index is 0.0611. The molecule has 0 radical (unpaired) electrons. The predicted octanol–water partition coefficient (Wildman–Crippen LogP) is 4.59. The van der Waals surface area contributed by atoms with Crippen molar-refractivity contribution in [2.24, 2.45) is 0 Å². The van der Waals surface area contributed by atoms with Crippen LogP contribution < -0.4 is 14.8 Å². The Hall–Kier alpha value is -4.66. The summed E-state index contributed by atoms with van der Waals surface area (Å²) in [6.07, 6.45) is 1.51. The highest BCUT2D eigenvalue weighted by molar-refractivity contribution is 6.13. The molecule has 3 amide bonds. The van der Waals surface area contributed by atoms with Crippen LogP contribution in [0.3, 0.4) is 0 Å². The summed E-state index contributed by atoms with van der Waals surface area (Å²) < 4.78 is 25.5. The van der Waals surface area contributed by atoms with Crippen LogP contribution in [-0.2, 0) is 17.9 Å². The van der Waals surface area contributed by atoms with Crippen molar-refractivity contribution < 1.29 is 33.4 Å². The summed E-state index contributed by atoms with van der Waals surface area (Å²) in [5.74, 6) is -1.16. The van der Waals surface area contributed by atoms with Crippen LogP contribution in [0.25, 0.3) is 6.08 Å². The van der Waals surface area contributed by atoms with Crippen LogP contribution in [0.5, 0.6) is 11.5 Å². The lowest BCUT2D eigenvalue weighted by Gasteiger charge is -2.13. The van der Waals surface area contributed by atoms with E-state index < -0.39 is 23.7 Å². The first-order valence-electron chi connectivity index (χ1n) is 11.2. The number of aromatic carboxylic acids is 1. The lowest BCUT2D eigenvalue weighted by molar-refractivity contribution is -0.123. The minimum Gasteiger partial charge on any atom is -0.490 e. The highest BCUT2D eigenvalue weighted by Gasteiger charge is 2.34. The molecule has 8 nitrogen and oxygen atoms in total. The van der Waals surface area contributed by atoms with Crippen molar-refractivity contribution in [2.45, 2.75) is 20.1 Å². The molecule has 0 bridgehead atoms. The number of carboxylic acids is 1. The molecule has 1 heterocycles. The van der Waals surface area contributed by atoms with Gasteiger partial charge in [-0.25, -0.2) is 14.0 Å². The molecule has 1 aliphatic rings. The molecule has 0 aromatic heterocycles. The largest absolute Gasteiger partial charge is 0.490 e. The van der Waals surface area contributed by atoms with Gasteiger partial charge >= 0.3 is 12.0 Å². The number of hydrogen-bond donors (Lipinski definition) is 2. The quantitative estimate of drug-likeness (QED) is 0.336. The third-order valence-electron chi connectivity index (χ3n) is 5.42. The maximum atomic E-state index is 14.0. The van der Waals surface area contributed by atoms with Crippen LogP contribution in [-0.4, -0.2) is 34.5 Å². The fraction of sp³-hybridized carbons (Fsp3) is 0.148. The minimum atomic E-state index is -1.00. The highest BCUT2D eigenvalue weighted by atomic mass is 19.1. The standard InChI is InChI=1S/C27H23FN2O6/c1-2-35-24-14-18(9-12-23(24)36-16-17-7-10-19(11-8-17)26(32)33)13-22-25(31)30(27(34)29-22)15-20-5-3-4-6-21(20)28/h3-14H,2,15-16H2,1H3,(H,29,34)(H,32,33)/b22-13+. The summed E-state index contributed by atoms with van der Waals surface area (Å²) in [6.45, 7) is 2.20. The number of carboxylic acid groups (broad SMARTS) is 1. The number of urea groups is 1. The van der Waals surface area contributed by atoms with Gasteiger partial charge in [-0.3, -0.25) is 9.69 Å². The number of nitrogens with zero attached hydrogens (tertiary/aromatic N) is 1. The van der Waals surface area contributed by atoms with Gasteiger partial charge in [0, 0.05) is 5.56 Å². The van der Waals surface area contributed by atoms with Crippen molar-refractivity contribution in [3.8, 4) is 11.5 Å². The lowest BCUT2D eigenvalue weighted by Crippen LogP contribution is -2.30. The summed E-state index contributed by atoms with van der Waals surface area (Å²) in [7, 11) is 0. The van der Waals surface area contributed by atoms with Gasteiger partial charge in [-0.2, -0.15) is 0 Å². The number of amides is 3. The number of halogens is 1. The van der Waals surface area contributed by atoms with Gasteiger partial charge in [0.1, 0.15) is 18.1 Å². The fourth-order valence-corrected chi connectivity index (χ4v) is 3.59. The van der Waals surface area contributed by atoms with Gasteiger partial charge in [-0.1, -0.05) is 36.4 Å². The summed E-state index contributed by atoms with van der Waals surface area (Å²) in [5, 5.41) is 11.5. The van der Waals surface area contributed by atoms with Crippen LogP contribution in [0.2, 0.25) is 0 Å². The van der Waals surface area contributed by atoms with E-state index in [9.17, 15) is 18.8 Å². The van der Waals surface area contributed by atoms with Crippen molar-refractivity contribution in [1.82, 2.24) is 10.2 Å². The second-order valence-electron chi connectivity index (χ2n) is 7.90. The third kappa shape index (κ3) is 5.52. The van der Waals surface area contributed by atoms with Crippen molar-refractivity contribution in [3.63, 3.8) is 0 Å². The second kappa shape index (κ2) is 10.7. The van der Waals surface area contributed by atoms with E-state index in [-0.39, 0.29) is 30.0 Å². The number of carbonyl (C=O) groups is 3. The molecule has 0 unspecified atom stereocenters. The smallest absolute Gasteiger partial charge is 0.335 e. The number of ether oxygens (including phenoxy) is 2. The average molecular weight is 490 g/mol. The number of nitrogens with one attached hydrogen (secondary N) is 1. The molecule has 0 atom stereocenters. The Labute approximate surface area is 206 Å². The molecule has 9 heteroatoms. The van der Waals surface area contributed by atoms with E-state index >= 15 is 0 Å². The molecular formula is C27H23FN2O6. The normalized spacial score (nSPS) is 14.2. The van der Waals surface area contributed by atoms with Crippen molar-refractivity contribution >= 4 is 24.0 Å². The molecule has 0 spiro atoms. The van der Waals surface area contributed by atoms with Gasteiger partial charge in [-0.05, 0) is 54.5 Å². The van der Waals surface area contributed by atoms with Gasteiger partial charge in [0.2, 0.25) is 0 Å². The van der Waals surface area contributed by atoms with Gasteiger partial charge in [0.15, 0.2) is 11.5 Å². The Morgan fingerprint density at radius 2 is 1.78 bits per heavy atom. The Morgan fingerprint density at radius 1 is 1.03 bits per heavy atom. The molecule has 3 aromatic rings. The molecule has 1 aliphatic heterocycles. The first-order chi connectivity index (χ1) is 17.4. The zero-order valence-electron chi connectivity index (χ0n) is 19.4. The van der Waals surface area contributed by atoms with Crippen molar-refractivity contribution in [1.29, 1.82) is 0 Å². The molecule has 4 rings (SSSR count). The van der Waals surface area contributed by atoms with Gasteiger partial charge in [0.05, 0.1) is 18.7 Å². The molecule has 3 aromatic carbocycles. The Bertz CT molecular complexity index is 1340. The predicted molar refractivity (Wildman–Crippen MR) is 129 cm³/mol. The summed E-state index contributed by atoms with van der Waals surface area (Å²) in [4.78, 5) is 37.1. The lowest BCUT2D eigenvalue weighted by atomic mass is 10.1. The van der Waals surface area contributed by atoms with E-state index in [1.165, 1.54) is 36.4 Å². The second-order valence-corrected chi connectivity index (χ2v) is 7.90. The molecule has 36 heavy (non-hydrogen) atoms. The number of rotatable bonds is 9. The fourth-order valence-electron chi connectivity index (χ4n) is 3.59. The number of benzene rings is 3. The number of hydrogen-bond acceptors (Lipinski definition) is 5. The zero-order chi connectivity index (χ0) is 25.7. The Balaban J connectivity index is 1.49. The highest BCUT2D eigenvalue weighted by Crippen LogP contribution is 2.30. The van der Waals surface area contributed by atoms with Gasteiger partial charge in [0.25, 0.3) is 5.91 Å². The first kappa shape index (κ1) is 24.5. The summed E-state index contributed by atoms with van der Waals surface area (Å²) in [6, 6.07) is 16.7. The monoisotopic (exact) mass is 490 g/mol. The average Bonchev–Trinajstić information content (AvgIpc) is 3.12. The van der Waals surface area contributed by atoms with E-state index in [0.29, 0.717) is 23.7 Å². The molecule has 2 N–H and O–H groups in total. The SMILES string of the molecule is CCOc1cc(/C=C2/NC(=O)N(Cc3ccccc3F)C2=O)ccc1OCc1ccc(C(=O)O)cc1. The number of imide groups is 1. The third-order valence-corrected chi connectivity index (χ3v) is 5.42. The number of carbonyl (C=O) groups excluding carboxylic acids is 2. The topological polar surface area (TPSA) is 105 Å². The van der Waals surface area contributed by atoms with Gasteiger partial charge < -0.3 is 19.9 Å². The molecule has 0 saturated carbocycles. The van der Waals surface area contributed by atoms with Crippen LogP contribution >= 0.6 is 0 Å².